The van der Waals surface area contributed by atoms with E-state index in [0.29, 0.717) is 12.2 Å². The van der Waals surface area contributed by atoms with Gasteiger partial charge in [-0.15, -0.1) is 0 Å². The minimum atomic E-state index is -0.482. The van der Waals surface area contributed by atoms with Gasteiger partial charge in [0, 0.05) is 0 Å². The number of hydrogen-bond donors (Lipinski definition) is 1. The maximum absolute atomic E-state index is 11.1. The molecule has 1 amide bonds. The Morgan fingerprint density at radius 1 is 1.43 bits per heavy atom. The van der Waals surface area contributed by atoms with Crippen LogP contribution in [0.4, 0.5) is 0 Å². The van der Waals surface area contributed by atoms with Crippen molar-refractivity contribution in [2.75, 3.05) is 6.61 Å². The molecule has 0 radical (unpaired) electrons. The van der Waals surface area contributed by atoms with Crippen LogP contribution in [-0.4, -0.2) is 12.5 Å². The second kappa shape index (κ2) is 5.07. The smallest absolute Gasteiger partial charge is 0.252 e. The monoisotopic (exact) mass is 191 g/mol. The van der Waals surface area contributed by atoms with Gasteiger partial charge in [0.15, 0.2) is 0 Å². The van der Waals surface area contributed by atoms with Crippen LogP contribution in [0, 0.1) is 0 Å². The molecule has 0 aliphatic rings. The number of primary amides is 1. The zero-order valence-corrected chi connectivity index (χ0v) is 8.07. The molecule has 0 atom stereocenters. The number of amides is 1. The molecule has 0 spiro atoms. The van der Waals surface area contributed by atoms with E-state index >= 15 is 0 Å². The quantitative estimate of drug-likeness (QED) is 0.580. The van der Waals surface area contributed by atoms with E-state index in [4.69, 9.17) is 10.5 Å². The average Bonchev–Trinajstić information content (AvgIpc) is 2.19. The molecule has 1 aromatic carbocycles. The lowest BCUT2D eigenvalue weighted by Crippen LogP contribution is -2.13. The highest BCUT2D eigenvalue weighted by atomic mass is 16.5. The van der Waals surface area contributed by atoms with E-state index in [1.54, 1.807) is 0 Å². The van der Waals surface area contributed by atoms with Crippen molar-refractivity contribution in [3.8, 4) is 0 Å². The third-order valence-corrected chi connectivity index (χ3v) is 1.72. The Kier molecular flexibility index (Phi) is 3.73. The van der Waals surface area contributed by atoms with Crippen molar-refractivity contribution in [3.63, 3.8) is 0 Å². The van der Waals surface area contributed by atoms with Crippen molar-refractivity contribution in [1.29, 1.82) is 0 Å². The average molecular weight is 191 g/mol. The Hall–Kier alpha value is -1.77. The first kappa shape index (κ1) is 10.3. The summed E-state index contributed by atoms with van der Waals surface area (Å²) in [5.41, 5.74) is 6.39. The summed E-state index contributed by atoms with van der Waals surface area (Å²) in [5, 5.41) is 0. The van der Waals surface area contributed by atoms with Crippen LogP contribution in [0.3, 0.4) is 0 Å². The summed E-state index contributed by atoms with van der Waals surface area (Å²) >= 11 is 0. The van der Waals surface area contributed by atoms with Gasteiger partial charge >= 0.3 is 0 Å². The number of benzene rings is 1. The van der Waals surface area contributed by atoms with E-state index in [1.807, 2.05) is 37.3 Å². The Morgan fingerprint density at radius 2 is 2.07 bits per heavy atom. The van der Waals surface area contributed by atoms with Crippen molar-refractivity contribution >= 4 is 11.5 Å². The van der Waals surface area contributed by atoms with E-state index in [0.717, 1.165) is 5.56 Å². The summed E-state index contributed by atoms with van der Waals surface area (Å²) in [6, 6.07) is 9.20. The number of hydrogen-bond acceptors (Lipinski definition) is 2. The second-order valence-corrected chi connectivity index (χ2v) is 2.72. The van der Waals surface area contributed by atoms with Crippen LogP contribution in [0.15, 0.2) is 36.6 Å². The van der Waals surface area contributed by atoms with Gasteiger partial charge in [0.05, 0.1) is 18.4 Å². The molecule has 0 saturated carbocycles. The Balaban J connectivity index is 2.95. The van der Waals surface area contributed by atoms with Crippen molar-refractivity contribution in [1.82, 2.24) is 0 Å². The van der Waals surface area contributed by atoms with Crippen molar-refractivity contribution in [2.45, 2.75) is 6.92 Å². The van der Waals surface area contributed by atoms with Gasteiger partial charge in [-0.3, -0.25) is 4.79 Å². The van der Waals surface area contributed by atoms with Gasteiger partial charge in [0.25, 0.3) is 5.91 Å². The van der Waals surface area contributed by atoms with Gasteiger partial charge in [-0.2, -0.15) is 0 Å². The molecule has 0 unspecified atom stereocenters. The van der Waals surface area contributed by atoms with Crippen LogP contribution in [0.1, 0.15) is 12.5 Å². The summed E-state index contributed by atoms with van der Waals surface area (Å²) in [6.45, 7) is 2.36. The molecule has 0 aromatic heterocycles. The molecule has 0 aliphatic heterocycles. The molecule has 0 saturated heterocycles. The fourth-order valence-corrected chi connectivity index (χ4v) is 1.05. The maximum atomic E-state index is 11.1. The number of nitrogens with two attached hydrogens (primary N) is 1. The highest BCUT2D eigenvalue weighted by Gasteiger charge is 2.07. The summed E-state index contributed by atoms with van der Waals surface area (Å²) in [6.07, 6.45) is 1.40. The summed E-state index contributed by atoms with van der Waals surface area (Å²) in [4.78, 5) is 11.1. The Morgan fingerprint density at radius 3 is 2.57 bits per heavy atom. The molecule has 14 heavy (non-hydrogen) atoms. The van der Waals surface area contributed by atoms with Gasteiger partial charge in [0.2, 0.25) is 0 Å². The lowest BCUT2D eigenvalue weighted by Gasteiger charge is -2.03. The number of rotatable bonds is 4. The minimum Gasteiger partial charge on any atom is -0.501 e. The van der Waals surface area contributed by atoms with E-state index in [1.165, 1.54) is 6.26 Å². The zero-order valence-electron chi connectivity index (χ0n) is 8.07. The van der Waals surface area contributed by atoms with Gasteiger partial charge in [-0.05, 0) is 12.5 Å². The third kappa shape index (κ3) is 2.62. The predicted molar refractivity (Wildman–Crippen MR) is 55.2 cm³/mol. The largest absolute Gasteiger partial charge is 0.501 e. The van der Waals surface area contributed by atoms with Crippen molar-refractivity contribution < 1.29 is 9.53 Å². The maximum Gasteiger partial charge on any atom is 0.252 e. The van der Waals surface area contributed by atoms with Gasteiger partial charge in [0.1, 0.15) is 0 Å². The predicted octanol–water partition coefficient (Wildman–Crippen LogP) is 1.55. The molecule has 0 bridgehead atoms. The fourth-order valence-electron chi connectivity index (χ4n) is 1.05. The first-order valence-corrected chi connectivity index (χ1v) is 4.42. The topological polar surface area (TPSA) is 52.3 Å². The van der Waals surface area contributed by atoms with Crippen LogP contribution >= 0.6 is 0 Å². The molecular formula is C11H13NO2. The fraction of sp³-hybridized carbons (Fsp3) is 0.182. The molecule has 3 nitrogen and oxygen atoms in total. The van der Waals surface area contributed by atoms with E-state index < -0.39 is 5.91 Å². The normalized spacial score (nSPS) is 11.1. The molecule has 1 aromatic rings. The molecule has 0 fully saturated rings. The van der Waals surface area contributed by atoms with E-state index in [9.17, 15) is 4.79 Å². The first-order chi connectivity index (χ1) is 6.75. The number of ether oxygens (including phenoxy) is 1. The van der Waals surface area contributed by atoms with Crippen LogP contribution in [-0.2, 0) is 9.53 Å². The summed E-state index contributed by atoms with van der Waals surface area (Å²) < 4.78 is 5.05. The lowest BCUT2D eigenvalue weighted by molar-refractivity contribution is -0.112. The number of carbonyl (C=O) groups excluding carboxylic acids is 1. The molecule has 1 rings (SSSR count). The summed E-state index contributed by atoms with van der Waals surface area (Å²) in [5.74, 6) is -0.482. The third-order valence-electron chi connectivity index (χ3n) is 1.72. The molecule has 0 heterocycles. The highest BCUT2D eigenvalue weighted by Crippen LogP contribution is 2.13. The van der Waals surface area contributed by atoms with E-state index in [2.05, 4.69) is 0 Å². The van der Waals surface area contributed by atoms with Crippen LogP contribution in [0.25, 0.3) is 5.57 Å². The van der Waals surface area contributed by atoms with Crippen molar-refractivity contribution in [3.05, 3.63) is 42.2 Å². The molecule has 2 N–H and O–H groups in total. The highest BCUT2D eigenvalue weighted by molar-refractivity contribution is 6.18. The molecule has 0 aliphatic carbocycles. The van der Waals surface area contributed by atoms with Gasteiger partial charge in [-0.25, -0.2) is 0 Å². The van der Waals surface area contributed by atoms with Crippen LogP contribution in [0.5, 0.6) is 0 Å². The molecule has 74 valence electrons. The van der Waals surface area contributed by atoms with Gasteiger partial charge in [-0.1, -0.05) is 30.3 Å². The van der Waals surface area contributed by atoms with Gasteiger partial charge < -0.3 is 10.5 Å². The first-order valence-electron chi connectivity index (χ1n) is 4.42. The molecular weight excluding hydrogens is 178 g/mol. The number of carbonyl (C=O) groups is 1. The Labute approximate surface area is 83.2 Å². The van der Waals surface area contributed by atoms with Crippen LogP contribution < -0.4 is 5.73 Å². The van der Waals surface area contributed by atoms with E-state index in [-0.39, 0.29) is 0 Å². The summed E-state index contributed by atoms with van der Waals surface area (Å²) in [7, 11) is 0. The second-order valence-electron chi connectivity index (χ2n) is 2.72. The minimum absolute atomic E-state index is 0.396. The lowest BCUT2D eigenvalue weighted by atomic mass is 10.1. The zero-order chi connectivity index (χ0) is 10.4. The molecule has 3 heteroatoms. The van der Waals surface area contributed by atoms with Crippen molar-refractivity contribution in [2.24, 2.45) is 5.73 Å². The standard InChI is InChI=1S/C11H13NO2/c1-2-14-8-10(11(12)13)9-6-4-3-5-7-9/h3-8H,2H2,1H3,(H2,12,13). The van der Waals surface area contributed by atoms with Crippen LogP contribution in [0.2, 0.25) is 0 Å². The Bertz CT molecular complexity index is 330. The SMILES string of the molecule is CCOC=C(C(N)=O)c1ccccc1.